The Morgan fingerprint density at radius 2 is 1.88 bits per heavy atom. The molecule has 3 aliphatic rings. The van der Waals surface area contributed by atoms with Gasteiger partial charge in [-0.15, -0.1) is 0 Å². The van der Waals surface area contributed by atoms with E-state index in [1.54, 1.807) is 30.3 Å². The number of hydrogen-bond donors (Lipinski definition) is 2. The molecule has 5 heterocycles. The van der Waals surface area contributed by atoms with E-state index in [-0.39, 0.29) is 46.5 Å². The topological polar surface area (TPSA) is 109 Å². The van der Waals surface area contributed by atoms with Crippen LogP contribution < -0.4 is 14.8 Å². The van der Waals surface area contributed by atoms with Gasteiger partial charge in [0.25, 0.3) is 0 Å². The Hall–Kier alpha value is -3.48. The predicted octanol–water partition coefficient (Wildman–Crippen LogP) is 4.23. The van der Waals surface area contributed by atoms with Crippen molar-refractivity contribution in [3.8, 4) is 17.3 Å². The number of fused-ring (bicyclic) bond motifs is 3. The molecule has 12 heteroatoms. The number of pyridine rings is 1. The Balaban J connectivity index is 1.29. The van der Waals surface area contributed by atoms with Crippen molar-refractivity contribution in [3.05, 3.63) is 54.2 Å². The first-order valence-electron chi connectivity index (χ1n) is 14.0. The maximum Gasteiger partial charge on any atom is 0.319 e. The molecule has 4 aromatic rings. The molecule has 0 radical (unpaired) electrons. The van der Waals surface area contributed by atoms with Crippen LogP contribution in [-0.2, 0) is 10.0 Å². The summed E-state index contributed by atoms with van der Waals surface area (Å²) in [6, 6.07) is 9.57. The fourth-order valence-electron chi connectivity index (χ4n) is 6.61. The number of nitrogens with one attached hydrogen (secondary N) is 2. The second kappa shape index (κ2) is 10.1. The molecule has 0 saturated carbocycles. The largest absolute Gasteiger partial charge is 0.461 e. The molecule has 3 fully saturated rings. The van der Waals surface area contributed by atoms with Crippen LogP contribution >= 0.6 is 0 Å². The van der Waals surface area contributed by atoms with E-state index in [0.29, 0.717) is 35.2 Å². The van der Waals surface area contributed by atoms with Gasteiger partial charge in [0.1, 0.15) is 29.5 Å². The molecule has 9 nitrogen and oxygen atoms in total. The van der Waals surface area contributed by atoms with Gasteiger partial charge in [0.15, 0.2) is 5.82 Å². The average molecular weight is 581 g/mol. The van der Waals surface area contributed by atoms with Gasteiger partial charge in [-0.25, -0.2) is 21.9 Å². The SMILES string of the molecule is O=S1(=O)CCC(CNc2nc(OCC34CCCN3CCC4)nc3c(F)c(-c4cccc5cccc(F)c45)ncc23)N1. The van der Waals surface area contributed by atoms with Crippen molar-refractivity contribution in [2.45, 2.75) is 43.7 Å². The van der Waals surface area contributed by atoms with Gasteiger partial charge in [0.05, 0.1) is 16.7 Å². The number of benzene rings is 2. The van der Waals surface area contributed by atoms with Crippen molar-refractivity contribution in [2.75, 3.05) is 37.3 Å². The number of halogens is 2. The Morgan fingerprint density at radius 3 is 2.63 bits per heavy atom. The summed E-state index contributed by atoms with van der Waals surface area (Å²) < 4.78 is 63.8. The molecule has 41 heavy (non-hydrogen) atoms. The van der Waals surface area contributed by atoms with Gasteiger partial charge < -0.3 is 10.1 Å². The van der Waals surface area contributed by atoms with E-state index < -0.39 is 21.7 Å². The van der Waals surface area contributed by atoms with E-state index in [0.717, 1.165) is 38.8 Å². The first-order chi connectivity index (χ1) is 19.8. The summed E-state index contributed by atoms with van der Waals surface area (Å²) >= 11 is 0. The maximum absolute atomic E-state index is 16.3. The van der Waals surface area contributed by atoms with Crippen LogP contribution in [0.1, 0.15) is 32.1 Å². The third kappa shape index (κ3) is 4.77. The second-order valence-electron chi connectivity index (χ2n) is 11.2. The van der Waals surface area contributed by atoms with Crippen molar-refractivity contribution in [2.24, 2.45) is 0 Å². The quantitative estimate of drug-likeness (QED) is 0.334. The number of nitrogens with zero attached hydrogens (tertiary/aromatic N) is 4. The minimum Gasteiger partial charge on any atom is -0.461 e. The molecular formula is C29H30F2N6O3S. The van der Waals surface area contributed by atoms with Crippen LogP contribution in [0.3, 0.4) is 0 Å². The average Bonchev–Trinajstić information content (AvgIpc) is 3.64. The molecule has 0 aliphatic carbocycles. The van der Waals surface area contributed by atoms with E-state index in [4.69, 9.17) is 4.74 Å². The Kier molecular flexibility index (Phi) is 6.51. The second-order valence-corrected chi connectivity index (χ2v) is 13.1. The molecule has 3 aliphatic heterocycles. The smallest absolute Gasteiger partial charge is 0.319 e. The number of rotatable bonds is 7. The molecule has 3 saturated heterocycles. The minimum atomic E-state index is -3.30. The first kappa shape index (κ1) is 26.4. The van der Waals surface area contributed by atoms with Crippen molar-refractivity contribution in [1.82, 2.24) is 24.6 Å². The maximum atomic E-state index is 16.3. The lowest BCUT2D eigenvalue weighted by molar-refractivity contribution is 0.108. The standard InChI is InChI=1S/C29H30F2N6O3S/c30-22-8-2-6-18-5-1-7-20(23(18)22)25-24(31)26-21(16-32-25)27(33-15-19-9-14-41(38,39)36-19)35-28(34-26)40-17-29-10-3-12-37(29)13-4-11-29/h1-2,5-8,16,19,36H,3-4,9-15,17H2,(H,33,34,35). The summed E-state index contributed by atoms with van der Waals surface area (Å²) in [7, 11) is -3.30. The molecule has 0 spiro atoms. The highest BCUT2D eigenvalue weighted by molar-refractivity contribution is 7.89. The summed E-state index contributed by atoms with van der Waals surface area (Å²) in [5.41, 5.74) is 0.234. The molecule has 7 rings (SSSR count). The highest BCUT2D eigenvalue weighted by Gasteiger charge is 2.45. The lowest BCUT2D eigenvalue weighted by atomic mass is 9.95. The molecule has 0 bridgehead atoms. The normalized spacial score (nSPS) is 21.5. The molecular weight excluding hydrogens is 550 g/mol. The molecule has 2 aromatic heterocycles. The fourth-order valence-corrected chi connectivity index (χ4v) is 8.03. The summed E-state index contributed by atoms with van der Waals surface area (Å²) in [6.07, 6.45) is 6.19. The van der Waals surface area contributed by atoms with Crippen molar-refractivity contribution >= 4 is 37.5 Å². The van der Waals surface area contributed by atoms with Crippen LogP contribution in [0.5, 0.6) is 6.01 Å². The molecule has 1 atom stereocenters. The zero-order valence-electron chi connectivity index (χ0n) is 22.4. The van der Waals surface area contributed by atoms with E-state index in [1.165, 1.54) is 12.3 Å². The van der Waals surface area contributed by atoms with Gasteiger partial charge in [0.2, 0.25) is 10.0 Å². The van der Waals surface area contributed by atoms with Gasteiger partial charge in [-0.1, -0.05) is 30.3 Å². The number of ether oxygens (including phenoxy) is 1. The van der Waals surface area contributed by atoms with Crippen LogP contribution in [0.2, 0.25) is 0 Å². The number of aromatic nitrogens is 3. The highest BCUT2D eigenvalue weighted by atomic mass is 32.2. The fraction of sp³-hybridized carbons (Fsp3) is 0.414. The van der Waals surface area contributed by atoms with Crippen LogP contribution in [0, 0.1) is 11.6 Å². The summed E-state index contributed by atoms with van der Waals surface area (Å²) in [5.74, 6) is -0.829. The summed E-state index contributed by atoms with van der Waals surface area (Å²) in [6.45, 7) is 2.73. The van der Waals surface area contributed by atoms with Crippen LogP contribution in [0.25, 0.3) is 32.9 Å². The first-order valence-corrected chi connectivity index (χ1v) is 15.6. The highest BCUT2D eigenvalue weighted by Crippen LogP contribution is 2.39. The zero-order valence-corrected chi connectivity index (χ0v) is 23.2. The van der Waals surface area contributed by atoms with Crippen molar-refractivity contribution in [1.29, 1.82) is 0 Å². The minimum absolute atomic E-state index is 0.00459. The zero-order chi connectivity index (χ0) is 28.2. The Labute approximate surface area is 236 Å². The monoisotopic (exact) mass is 580 g/mol. The number of anilines is 1. The molecule has 2 aromatic carbocycles. The van der Waals surface area contributed by atoms with Crippen LogP contribution in [0.4, 0.5) is 14.6 Å². The lowest BCUT2D eigenvalue weighted by Gasteiger charge is -2.31. The van der Waals surface area contributed by atoms with E-state index >= 15 is 4.39 Å². The third-order valence-corrected chi connectivity index (χ3v) is 10.1. The molecule has 1 unspecified atom stereocenters. The molecule has 0 amide bonds. The van der Waals surface area contributed by atoms with E-state index in [9.17, 15) is 12.8 Å². The van der Waals surface area contributed by atoms with Crippen LogP contribution in [-0.4, -0.2) is 71.8 Å². The Bertz CT molecular complexity index is 1750. The number of sulfonamides is 1. The predicted molar refractivity (Wildman–Crippen MR) is 152 cm³/mol. The number of hydrogen-bond acceptors (Lipinski definition) is 8. The van der Waals surface area contributed by atoms with E-state index in [1.807, 2.05) is 0 Å². The van der Waals surface area contributed by atoms with Gasteiger partial charge in [0, 0.05) is 29.7 Å². The summed E-state index contributed by atoms with van der Waals surface area (Å²) in [5, 5.41) is 4.40. The lowest BCUT2D eigenvalue weighted by Crippen LogP contribution is -2.43. The van der Waals surface area contributed by atoms with Gasteiger partial charge in [-0.3, -0.25) is 9.88 Å². The van der Waals surface area contributed by atoms with Gasteiger partial charge in [-0.2, -0.15) is 9.97 Å². The summed E-state index contributed by atoms with van der Waals surface area (Å²) in [4.78, 5) is 15.9. The molecule has 214 valence electrons. The third-order valence-electron chi connectivity index (χ3n) is 8.65. The van der Waals surface area contributed by atoms with Gasteiger partial charge in [-0.05, 0) is 56.6 Å². The van der Waals surface area contributed by atoms with Gasteiger partial charge >= 0.3 is 6.01 Å². The Morgan fingerprint density at radius 1 is 1.10 bits per heavy atom. The van der Waals surface area contributed by atoms with Crippen molar-refractivity contribution in [3.63, 3.8) is 0 Å². The van der Waals surface area contributed by atoms with E-state index in [2.05, 4.69) is 29.9 Å². The van der Waals surface area contributed by atoms with Crippen LogP contribution in [0.15, 0.2) is 42.6 Å². The van der Waals surface area contributed by atoms with Crippen molar-refractivity contribution < 1.29 is 21.9 Å². The molecule has 2 N–H and O–H groups in total.